The molecule has 4 rings (SSSR count). The van der Waals surface area contributed by atoms with Gasteiger partial charge in [-0.25, -0.2) is 0 Å². The average molecular weight is 268 g/mol. The predicted molar refractivity (Wildman–Crippen MR) is 85.5 cm³/mol. The minimum absolute atomic E-state index is 0.684. The van der Waals surface area contributed by atoms with Crippen molar-refractivity contribution < 1.29 is 0 Å². The van der Waals surface area contributed by atoms with E-state index in [1.54, 1.807) is 0 Å². The van der Waals surface area contributed by atoms with Crippen molar-refractivity contribution in [2.45, 2.75) is 0 Å². The Labute approximate surface area is 122 Å². The quantitative estimate of drug-likeness (QED) is 0.493. The molecule has 98 valence electrons. The minimum atomic E-state index is 0.684. The number of nitrogens with zero attached hydrogens (tertiary/aromatic N) is 2. The van der Waals surface area contributed by atoms with E-state index >= 15 is 0 Å². The second kappa shape index (κ2) is 4.50. The molecule has 1 aromatic heterocycles. The Kier molecular flexibility index (Phi) is 2.52. The maximum Gasteiger partial charge on any atom is 0.101 e. The van der Waals surface area contributed by atoms with E-state index in [1.807, 2.05) is 36.4 Å². The summed E-state index contributed by atoms with van der Waals surface area (Å²) in [6.07, 6.45) is 0. The molecule has 0 N–H and O–H groups in total. The molecule has 0 atom stereocenters. The topological polar surface area (TPSA) is 28.7 Å². The van der Waals surface area contributed by atoms with Gasteiger partial charge in [0.2, 0.25) is 0 Å². The molecular weight excluding hydrogens is 256 g/mol. The molecule has 4 aromatic rings. The van der Waals surface area contributed by atoms with E-state index in [-0.39, 0.29) is 0 Å². The Morgan fingerprint density at radius 3 is 1.81 bits per heavy atom. The number of para-hydroxylation sites is 3. The van der Waals surface area contributed by atoms with Crippen LogP contribution in [0.2, 0.25) is 0 Å². The summed E-state index contributed by atoms with van der Waals surface area (Å²) < 4.78 is 2.17. The predicted octanol–water partition coefficient (Wildman–Crippen LogP) is 4.66. The third kappa shape index (κ3) is 1.65. The molecule has 0 spiro atoms. The van der Waals surface area contributed by atoms with Gasteiger partial charge in [-0.3, -0.25) is 0 Å². The van der Waals surface area contributed by atoms with Crippen molar-refractivity contribution in [2.75, 3.05) is 0 Å². The SMILES string of the molecule is N#Cc1ccccc1-n1c2ccccc2c2ccccc21. The highest BCUT2D eigenvalue weighted by Gasteiger charge is 2.13. The largest absolute Gasteiger partial charge is 0.308 e. The minimum Gasteiger partial charge on any atom is -0.308 e. The van der Waals surface area contributed by atoms with Gasteiger partial charge in [-0.15, -0.1) is 0 Å². The molecule has 0 saturated heterocycles. The first-order valence-electron chi connectivity index (χ1n) is 6.88. The van der Waals surface area contributed by atoms with E-state index in [4.69, 9.17) is 0 Å². The van der Waals surface area contributed by atoms with Crippen LogP contribution in [0.5, 0.6) is 0 Å². The van der Waals surface area contributed by atoms with Crippen LogP contribution < -0.4 is 0 Å². The molecule has 0 bridgehead atoms. The van der Waals surface area contributed by atoms with Gasteiger partial charge >= 0.3 is 0 Å². The molecule has 0 aliphatic rings. The van der Waals surface area contributed by atoms with E-state index in [9.17, 15) is 5.26 Å². The van der Waals surface area contributed by atoms with E-state index < -0.39 is 0 Å². The normalized spacial score (nSPS) is 10.8. The molecule has 0 unspecified atom stereocenters. The van der Waals surface area contributed by atoms with E-state index in [0.29, 0.717) is 5.56 Å². The molecule has 3 aromatic carbocycles. The monoisotopic (exact) mass is 268 g/mol. The van der Waals surface area contributed by atoms with Crippen molar-refractivity contribution in [3.05, 3.63) is 78.4 Å². The Bertz CT molecular complexity index is 950. The van der Waals surface area contributed by atoms with Crippen molar-refractivity contribution in [3.63, 3.8) is 0 Å². The van der Waals surface area contributed by atoms with Crippen LogP contribution in [0.4, 0.5) is 0 Å². The van der Waals surface area contributed by atoms with Gasteiger partial charge in [0.1, 0.15) is 6.07 Å². The van der Waals surface area contributed by atoms with Crippen LogP contribution in [-0.4, -0.2) is 4.57 Å². The first kappa shape index (κ1) is 11.7. The standard InChI is InChI=1S/C19H12N2/c20-13-14-7-1-4-10-17(14)21-18-11-5-2-8-15(18)16-9-3-6-12-19(16)21/h1-12H. The molecule has 0 amide bonds. The summed E-state index contributed by atoms with van der Waals surface area (Å²) in [5.74, 6) is 0. The third-order valence-electron chi connectivity index (χ3n) is 3.85. The number of benzene rings is 3. The summed E-state index contributed by atoms with van der Waals surface area (Å²) in [7, 11) is 0. The number of hydrogen-bond donors (Lipinski definition) is 0. The zero-order chi connectivity index (χ0) is 14.2. The summed E-state index contributed by atoms with van der Waals surface area (Å²) in [5.41, 5.74) is 3.87. The lowest BCUT2D eigenvalue weighted by Crippen LogP contribution is -1.96. The first-order chi connectivity index (χ1) is 10.4. The second-order valence-corrected chi connectivity index (χ2v) is 5.00. The third-order valence-corrected chi connectivity index (χ3v) is 3.85. The number of fused-ring (bicyclic) bond motifs is 3. The van der Waals surface area contributed by atoms with Crippen LogP contribution >= 0.6 is 0 Å². The van der Waals surface area contributed by atoms with Crippen molar-refractivity contribution in [1.29, 1.82) is 5.26 Å². The van der Waals surface area contributed by atoms with Crippen LogP contribution in [0.25, 0.3) is 27.5 Å². The molecule has 21 heavy (non-hydrogen) atoms. The molecule has 2 heteroatoms. The van der Waals surface area contributed by atoms with E-state index in [1.165, 1.54) is 10.8 Å². The zero-order valence-corrected chi connectivity index (χ0v) is 11.3. The van der Waals surface area contributed by atoms with Gasteiger partial charge in [-0.1, -0.05) is 48.5 Å². The smallest absolute Gasteiger partial charge is 0.101 e. The first-order valence-corrected chi connectivity index (χ1v) is 6.88. The molecular formula is C19H12N2. The molecule has 0 fully saturated rings. The lowest BCUT2D eigenvalue weighted by Gasteiger charge is -2.09. The highest BCUT2D eigenvalue weighted by Crippen LogP contribution is 2.32. The summed E-state index contributed by atoms with van der Waals surface area (Å²) in [5, 5.41) is 11.8. The maximum atomic E-state index is 9.40. The van der Waals surface area contributed by atoms with Gasteiger partial charge < -0.3 is 4.57 Å². The van der Waals surface area contributed by atoms with E-state index in [2.05, 4.69) is 47.0 Å². The van der Waals surface area contributed by atoms with Crippen molar-refractivity contribution in [3.8, 4) is 11.8 Å². The van der Waals surface area contributed by atoms with E-state index in [0.717, 1.165) is 16.7 Å². The molecule has 0 radical (unpaired) electrons. The number of aromatic nitrogens is 1. The number of nitriles is 1. The molecule has 0 aliphatic carbocycles. The highest BCUT2D eigenvalue weighted by atomic mass is 15.0. The maximum absolute atomic E-state index is 9.40. The Morgan fingerprint density at radius 2 is 1.19 bits per heavy atom. The lowest BCUT2D eigenvalue weighted by atomic mass is 10.2. The Hall–Kier alpha value is -3.05. The molecule has 0 aliphatic heterocycles. The highest BCUT2D eigenvalue weighted by molar-refractivity contribution is 6.09. The summed E-state index contributed by atoms with van der Waals surface area (Å²) in [6, 6.07) is 26.6. The van der Waals surface area contributed by atoms with Gasteiger partial charge in [0.15, 0.2) is 0 Å². The fraction of sp³-hybridized carbons (Fsp3) is 0. The molecule has 2 nitrogen and oxygen atoms in total. The van der Waals surface area contributed by atoms with Gasteiger partial charge in [0.25, 0.3) is 0 Å². The van der Waals surface area contributed by atoms with Gasteiger partial charge in [0, 0.05) is 10.8 Å². The van der Waals surface area contributed by atoms with Crippen LogP contribution in [0, 0.1) is 11.3 Å². The van der Waals surface area contributed by atoms with Crippen molar-refractivity contribution in [1.82, 2.24) is 4.57 Å². The number of hydrogen-bond acceptors (Lipinski definition) is 1. The van der Waals surface area contributed by atoms with Crippen LogP contribution in [0.1, 0.15) is 5.56 Å². The summed E-state index contributed by atoms with van der Waals surface area (Å²) in [4.78, 5) is 0. The van der Waals surface area contributed by atoms with Gasteiger partial charge in [-0.05, 0) is 24.3 Å². The van der Waals surface area contributed by atoms with Crippen LogP contribution in [0.15, 0.2) is 72.8 Å². The zero-order valence-electron chi connectivity index (χ0n) is 11.3. The summed E-state index contributed by atoms with van der Waals surface area (Å²) in [6.45, 7) is 0. The van der Waals surface area contributed by atoms with Crippen LogP contribution in [0.3, 0.4) is 0 Å². The molecule has 1 heterocycles. The Balaban J connectivity index is 2.24. The van der Waals surface area contributed by atoms with Crippen LogP contribution in [-0.2, 0) is 0 Å². The summed E-state index contributed by atoms with van der Waals surface area (Å²) >= 11 is 0. The second-order valence-electron chi connectivity index (χ2n) is 5.00. The fourth-order valence-electron chi connectivity index (χ4n) is 2.95. The van der Waals surface area contributed by atoms with Crippen molar-refractivity contribution in [2.24, 2.45) is 0 Å². The van der Waals surface area contributed by atoms with Crippen molar-refractivity contribution >= 4 is 21.8 Å². The van der Waals surface area contributed by atoms with Gasteiger partial charge in [0.05, 0.1) is 22.3 Å². The van der Waals surface area contributed by atoms with Gasteiger partial charge in [-0.2, -0.15) is 5.26 Å². The fourth-order valence-corrected chi connectivity index (χ4v) is 2.95. The Morgan fingerprint density at radius 1 is 0.667 bits per heavy atom. The number of rotatable bonds is 1. The molecule has 0 saturated carbocycles. The average Bonchev–Trinajstić information content (AvgIpc) is 2.89. The lowest BCUT2D eigenvalue weighted by molar-refractivity contribution is 1.17.